The first-order chi connectivity index (χ1) is 7.82. The van der Waals surface area contributed by atoms with E-state index in [9.17, 15) is 9.59 Å². The zero-order valence-electron chi connectivity index (χ0n) is 10.7. The molecule has 0 aliphatic carbocycles. The highest BCUT2D eigenvalue weighted by Crippen LogP contribution is 2.20. The number of nitrogens with one attached hydrogen (secondary N) is 1. The summed E-state index contributed by atoms with van der Waals surface area (Å²) in [7, 11) is 0. The van der Waals surface area contributed by atoms with Gasteiger partial charge in [0.15, 0.2) is 0 Å². The van der Waals surface area contributed by atoms with Crippen LogP contribution in [0, 0.1) is 5.41 Å². The Bertz CT molecular complexity index is 289. The second-order valence-corrected chi connectivity index (χ2v) is 5.50. The Hall–Kier alpha value is -1.10. The number of hydrogen-bond acceptors (Lipinski definition) is 3. The highest BCUT2D eigenvalue weighted by atomic mass is 16.5. The van der Waals surface area contributed by atoms with Crippen LogP contribution >= 0.6 is 0 Å². The fourth-order valence-corrected chi connectivity index (χ4v) is 1.83. The number of hydrogen-bond donors (Lipinski definition) is 2. The van der Waals surface area contributed by atoms with Crippen molar-refractivity contribution in [3.05, 3.63) is 0 Å². The number of carbonyl (C=O) groups excluding carboxylic acids is 1. The summed E-state index contributed by atoms with van der Waals surface area (Å²) in [6.07, 6.45) is 2.09. The molecule has 0 bridgehead atoms. The molecule has 1 rings (SSSR count). The lowest BCUT2D eigenvalue weighted by Crippen LogP contribution is -2.52. The van der Waals surface area contributed by atoms with Crippen LogP contribution in [0.3, 0.4) is 0 Å². The molecule has 1 aliphatic heterocycles. The van der Waals surface area contributed by atoms with Crippen molar-refractivity contribution in [2.24, 2.45) is 5.41 Å². The smallest absolute Gasteiger partial charge is 0.326 e. The van der Waals surface area contributed by atoms with Crippen molar-refractivity contribution in [2.75, 3.05) is 6.61 Å². The quantitative estimate of drug-likeness (QED) is 0.780. The molecule has 1 aliphatic rings. The lowest BCUT2D eigenvalue weighted by atomic mass is 9.86. The lowest BCUT2D eigenvalue weighted by Gasteiger charge is -2.30. The number of carboxylic acid groups (broad SMARTS) is 1. The zero-order valence-corrected chi connectivity index (χ0v) is 10.7. The van der Waals surface area contributed by atoms with Crippen molar-refractivity contribution < 1.29 is 19.4 Å². The molecule has 0 spiro atoms. The molecule has 1 amide bonds. The lowest BCUT2D eigenvalue weighted by molar-refractivity contribution is -0.148. The number of rotatable bonds is 3. The molecule has 0 aromatic heterocycles. The average Bonchev–Trinajstić information content (AvgIpc) is 2.24. The van der Waals surface area contributed by atoms with Crippen LogP contribution in [0.15, 0.2) is 0 Å². The fraction of sp³-hybridized carbons (Fsp3) is 0.833. The molecule has 2 unspecified atom stereocenters. The molecule has 1 fully saturated rings. The van der Waals surface area contributed by atoms with E-state index in [-0.39, 0.29) is 5.91 Å². The van der Waals surface area contributed by atoms with Crippen LogP contribution in [-0.4, -0.2) is 35.7 Å². The summed E-state index contributed by atoms with van der Waals surface area (Å²) >= 11 is 0. The SMILES string of the molecule is CC(C)(C)C(NC(=O)C1CCCCO1)C(=O)O. The van der Waals surface area contributed by atoms with E-state index in [1.165, 1.54) is 0 Å². The highest BCUT2D eigenvalue weighted by molar-refractivity contribution is 5.86. The predicted molar refractivity (Wildman–Crippen MR) is 62.6 cm³/mol. The van der Waals surface area contributed by atoms with Crippen LogP contribution in [0.2, 0.25) is 0 Å². The third-order valence-corrected chi connectivity index (χ3v) is 2.87. The monoisotopic (exact) mass is 243 g/mol. The maximum atomic E-state index is 11.9. The molecule has 0 aromatic carbocycles. The summed E-state index contributed by atoms with van der Waals surface area (Å²) in [4.78, 5) is 23.0. The first-order valence-electron chi connectivity index (χ1n) is 5.97. The molecule has 0 saturated carbocycles. The molecule has 2 N–H and O–H groups in total. The first-order valence-corrected chi connectivity index (χ1v) is 5.97. The molecule has 98 valence electrons. The number of aliphatic carboxylic acids is 1. The van der Waals surface area contributed by atoms with Gasteiger partial charge in [0.1, 0.15) is 12.1 Å². The normalized spacial score (nSPS) is 22.9. The maximum absolute atomic E-state index is 11.9. The van der Waals surface area contributed by atoms with E-state index in [4.69, 9.17) is 9.84 Å². The van der Waals surface area contributed by atoms with E-state index in [0.29, 0.717) is 13.0 Å². The van der Waals surface area contributed by atoms with E-state index < -0.39 is 23.5 Å². The van der Waals surface area contributed by atoms with Crippen LogP contribution in [0.1, 0.15) is 40.0 Å². The van der Waals surface area contributed by atoms with Gasteiger partial charge in [-0.05, 0) is 24.7 Å². The zero-order chi connectivity index (χ0) is 13.1. The van der Waals surface area contributed by atoms with E-state index in [0.717, 1.165) is 12.8 Å². The Balaban J connectivity index is 2.60. The van der Waals surface area contributed by atoms with Crippen molar-refractivity contribution in [3.63, 3.8) is 0 Å². The van der Waals surface area contributed by atoms with Crippen LogP contribution in [0.5, 0.6) is 0 Å². The fourth-order valence-electron chi connectivity index (χ4n) is 1.83. The minimum Gasteiger partial charge on any atom is -0.480 e. The summed E-state index contributed by atoms with van der Waals surface area (Å²) in [6.45, 7) is 5.93. The van der Waals surface area contributed by atoms with E-state index in [1.54, 1.807) is 20.8 Å². The van der Waals surface area contributed by atoms with Crippen molar-refractivity contribution in [2.45, 2.75) is 52.2 Å². The molecule has 17 heavy (non-hydrogen) atoms. The third-order valence-electron chi connectivity index (χ3n) is 2.87. The second kappa shape index (κ2) is 5.49. The van der Waals surface area contributed by atoms with Gasteiger partial charge in [0.05, 0.1) is 0 Å². The summed E-state index contributed by atoms with van der Waals surface area (Å²) in [6, 6.07) is -0.888. The van der Waals surface area contributed by atoms with Crippen molar-refractivity contribution >= 4 is 11.9 Å². The molecule has 1 heterocycles. The summed E-state index contributed by atoms with van der Waals surface area (Å²) in [5.74, 6) is -1.33. The van der Waals surface area contributed by atoms with Crippen molar-refractivity contribution in [3.8, 4) is 0 Å². The van der Waals surface area contributed by atoms with E-state index >= 15 is 0 Å². The van der Waals surface area contributed by atoms with Crippen LogP contribution in [0.25, 0.3) is 0 Å². The van der Waals surface area contributed by atoms with Gasteiger partial charge in [0.25, 0.3) is 0 Å². The van der Waals surface area contributed by atoms with Gasteiger partial charge in [-0.3, -0.25) is 4.79 Å². The molecular formula is C12H21NO4. The van der Waals surface area contributed by atoms with E-state index in [1.807, 2.05) is 0 Å². The largest absolute Gasteiger partial charge is 0.480 e. The van der Waals surface area contributed by atoms with Gasteiger partial charge in [0, 0.05) is 6.61 Å². The Morgan fingerprint density at radius 1 is 1.35 bits per heavy atom. The van der Waals surface area contributed by atoms with Crippen molar-refractivity contribution in [1.29, 1.82) is 0 Å². The topological polar surface area (TPSA) is 75.6 Å². The highest BCUT2D eigenvalue weighted by Gasteiger charge is 2.34. The molecule has 2 atom stereocenters. The van der Waals surface area contributed by atoms with Gasteiger partial charge >= 0.3 is 5.97 Å². The van der Waals surface area contributed by atoms with Gasteiger partial charge < -0.3 is 15.2 Å². The van der Waals surface area contributed by atoms with Crippen LogP contribution in [-0.2, 0) is 14.3 Å². The molecular weight excluding hydrogens is 222 g/mol. The van der Waals surface area contributed by atoms with E-state index in [2.05, 4.69) is 5.32 Å². The molecule has 1 saturated heterocycles. The van der Waals surface area contributed by atoms with Gasteiger partial charge in [-0.2, -0.15) is 0 Å². The Morgan fingerprint density at radius 3 is 2.41 bits per heavy atom. The minimum atomic E-state index is -1.01. The Labute approximate surface area is 102 Å². The summed E-state index contributed by atoms with van der Waals surface area (Å²) < 4.78 is 5.33. The number of amides is 1. The number of carboxylic acids is 1. The van der Waals surface area contributed by atoms with Gasteiger partial charge in [-0.25, -0.2) is 4.79 Å². The maximum Gasteiger partial charge on any atom is 0.326 e. The minimum absolute atomic E-state index is 0.313. The van der Waals surface area contributed by atoms with Gasteiger partial charge in [-0.1, -0.05) is 20.8 Å². The standard InChI is InChI=1S/C12H21NO4/c1-12(2,3)9(11(15)16)13-10(14)8-6-4-5-7-17-8/h8-9H,4-7H2,1-3H3,(H,13,14)(H,15,16). The average molecular weight is 243 g/mol. The predicted octanol–water partition coefficient (Wildman–Crippen LogP) is 1.17. The second-order valence-electron chi connectivity index (χ2n) is 5.50. The number of ether oxygens (including phenoxy) is 1. The van der Waals surface area contributed by atoms with Gasteiger partial charge in [0.2, 0.25) is 5.91 Å². The Kier molecular flexibility index (Phi) is 4.51. The molecule has 5 heteroatoms. The third kappa shape index (κ3) is 4.00. The Morgan fingerprint density at radius 2 is 2.00 bits per heavy atom. The van der Waals surface area contributed by atoms with Crippen LogP contribution in [0.4, 0.5) is 0 Å². The molecule has 0 radical (unpaired) electrons. The summed E-state index contributed by atoms with van der Waals surface area (Å²) in [5.41, 5.74) is -0.518. The van der Waals surface area contributed by atoms with Crippen LogP contribution < -0.4 is 5.32 Å². The molecule has 0 aromatic rings. The van der Waals surface area contributed by atoms with Crippen molar-refractivity contribution in [1.82, 2.24) is 5.32 Å². The molecule has 5 nitrogen and oxygen atoms in total. The van der Waals surface area contributed by atoms with Gasteiger partial charge in [-0.15, -0.1) is 0 Å². The first kappa shape index (κ1) is 14.0. The number of carbonyl (C=O) groups is 2. The summed E-state index contributed by atoms with van der Waals surface area (Å²) in [5, 5.41) is 11.7.